The Balaban J connectivity index is 1.73. The first-order valence-electron chi connectivity index (χ1n) is 7.24. The Morgan fingerprint density at radius 3 is 2.72 bits per heavy atom. The Bertz CT molecular complexity index is 487. The summed E-state index contributed by atoms with van der Waals surface area (Å²) in [5, 5.41) is 0. The SMILES string of the molecule is C=C1CN2C3CCC2C1C(c1ccc(C)cc1)C3. The number of aryl methyl sites for hydroxylation is 1. The molecule has 5 unspecified atom stereocenters. The third kappa shape index (κ3) is 1.37. The predicted octanol–water partition coefficient (Wildman–Crippen LogP) is 3.50. The zero-order valence-corrected chi connectivity index (χ0v) is 11.1. The number of piperidine rings is 1. The lowest BCUT2D eigenvalue weighted by Crippen LogP contribution is -2.40. The first-order chi connectivity index (χ1) is 8.74. The molecule has 3 aliphatic heterocycles. The maximum absolute atomic E-state index is 4.37. The van der Waals surface area contributed by atoms with Crippen molar-refractivity contribution in [1.82, 2.24) is 4.90 Å². The molecule has 0 aliphatic carbocycles. The van der Waals surface area contributed by atoms with Gasteiger partial charge in [0.25, 0.3) is 0 Å². The highest BCUT2D eigenvalue weighted by Crippen LogP contribution is 2.53. The van der Waals surface area contributed by atoms with Crippen LogP contribution in [0.25, 0.3) is 0 Å². The highest BCUT2D eigenvalue weighted by molar-refractivity contribution is 5.33. The molecule has 3 fully saturated rings. The van der Waals surface area contributed by atoms with E-state index < -0.39 is 0 Å². The highest BCUT2D eigenvalue weighted by atomic mass is 15.3. The minimum atomic E-state index is 0.728. The second kappa shape index (κ2) is 3.71. The molecule has 0 amide bonds. The summed E-state index contributed by atoms with van der Waals surface area (Å²) in [7, 11) is 0. The van der Waals surface area contributed by atoms with E-state index in [-0.39, 0.29) is 0 Å². The van der Waals surface area contributed by atoms with Crippen LogP contribution in [0.2, 0.25) is 0 Å². The van der Waals surface area contributed by atoms with Crippen LogP contribution in [-0.4, -0.2) is 23.5 Å². The van der Waals surface area contributed by atoms with Gasteiger partial charge in [-0.3, -0.25) is 4.90 Å². The van der Waals surface area contributed by atoms with Gasteiger partial charge in [-0.1, -0.05) is 42.0 Å². The van der Waals surface area contributed by atoms with Crippen molar-refractivity contribution in [3.05, 3.63) is 47.5 Å². The summed E-state index contributed by atoms with van der Waals surface area (Å²) in [5.74, 6) is 1.46. The zero-order valence-electron chi connectivity index (χ0n) is 11.1. The van der Waals surface area contributed by atoms with Crippen molar-refractivity contribution in [3.63, 3.8) is 0 Å². The van der Waals surface area contributed by atoms with Crippen LogP contribution in [0.4, 0.5) is 0 Å². The molecular formula is C17H21N. The van der Waals surface area contributed by atoms with Gasteiger partial charge in [0.1, 0.15) is 0 Å². The number of hydrogen-bond donors (Lipinski definition) is 0. The summed E-state index contributed by atoms with van der Waals surface area (Å²) in [5.41, 5.74) is 4.40. The zero-order chi connectivity index (χ0) is 12.3. The molecule has 4 bridgehead atoms. The van der Waals surface area contributed by atoms with Gasteiger partial charge in [0, 0.05) is 24.5 Å². The topological polar surface area (TPSA) is 3.24 Å². The second-order valence-corrected chi connectivity index (χ2v) is 6.41. The van der Waals surface area contributed by atoms with E-state index in [0.717, 1.165) is 23.9 Å². The molecule has 1 nitrogen and oxygen atoms in total. The molecule has 94 valence electrons. The third-order valence-corrected chi connectivity index (χ3v) is 5.43. The van der Waals surface area contributed by atoms with Crippen molar-refractivity contribution in [3.8, 4) is 0 Å². The first-order valence-corrected chi connectivity index (χ1v) is 7.24. The summed E-state index contributed by atoms with van der Waals surface area (Å²) in [6, 6.07) is 10.9. The molecule has 3 saturated heterocycles. The fourth-order valence-corrected chi connectivity index (χ4v) is 4.61. The Kier molecular flexibility index (Phi) is 2.23. The first kappa shape index (κ1) is 10.8. The summed E-state index contributed by atoms with van der Waals surface area (Å²) < 4.78 is 0. The molecular weight excluding hydrogens is 218 g/mol. The lowest BCUT2D eigenvalue weighted by Gasteiger charge is -2.37. The molecule has 1 aromatic carbocycles. The molecule has 18 heavy (non-hydrogen) atoms. The van der Waals surface area contributed by atoms with E-state index in [0.29, 0.717) is 0 Å². The van der Waals surface area contributed by atoms with Crippen molar-refractivity contribution < 1.29 is 0 Å². The monoisotopic (exact) mass is 239 g/mol. The molecule has 0 radical (unpaired) electrons. The Morgan fingerprint density at radius 2 is 1.94 bits per heavy atom. The number of benzene rings is 1. The largest absolute Gasteiger partial charge is 0.293 e. The normalized spacial score (nSPS) is 41.4. The maximum Gasteiger partial charge on any atom is 0.0199 e. The smallest absolute Gasteiger partial charge is 0.0199 e. The van der Waals surface area contributed by atoms with E-state index in [1.807, 2.05) is 0 Å². The van der Waals surface area contributed by atoms with Crippen LogP contribution in [-0.2, 0) is 0 Å². The van der Waals surface area contributed by atoms with Crippen molar-refractivity contribution in [2.75, 3.05) is 6.54 Å². The van der Waals surface area contributed by atoms with Crippen LogP contribution in [0.1, 0.15) is 36.3 Å². The van der Waals surface area contributed by atoms with E-state index in [9.17, 15) is 0 Å². The average molecular weight is 239 g/mol. The van der Waals surface area contributed by atoms with Crippen LogP contribution in [0.3, 0.4) is 0 Å². The summed E-state index contributed by atoms with van der Waals surface area (Å²) in [6.07, 6.45) is 4.16. The summed E-state index contributed by atoms with van der Waals surface area (Å²) in [6.45, 7) is 7.71. The van der Waals surface area contributed by atoms with Crippen molar-refractivity contribution in [1.29, 1.82) is 0 Å². The van der Waals surface area contributed by atoms with Crippen molar-refractivity contribution in [2.45, 2.75) is 44.2 Å². The lowest BCUT2D eigenvalue weighted by molar-refractivity contribution is 0.154. The maximum atomic E-state index is 4.37. The van der Waals surface area contributed by atoms with Gasteiger partial charge in [-0.05, 0) is 37.7 Å². The van der Waals surface area contributed by atoms with E-state index in [2.05, 4.69) is 42.7 Å². The minimum absolute atomic E-state index is 0.728. The van der Waals surface area contributed by atoms with Crippen LogP contribution < -0.4 is 0 Å². The molecule has 5 atom stereocenters. The van der Waals surface area contributed by atoms with Crippen LogP contribution in [0, 0.1) is 12.8 Å². The number of nitrogens with zero attached hydrogens (tertiary/aromatic N) is 1. The molecule has 1 heteroatoms. The molecule has 0 aromatic heterocycles. The fourth-order valence-electron chi connectivity index (χ4n) is 4.61. The standard InChI is InChI=1S/C17H21N/c1-11-3-5-13(6-4-11)15-9-14-7-8-16-17(15)12(2)10-18(14)16/h3-6,14-17H,2,7-10H2,1H3. The van der Waals surface area contributed by atoms with Gasteiger partial charge < -0.3 is 0 Å². The molecule has 4 rings (SSSR count). The van der Waals surface area contributed by atoms with E-state index in [1.165, 1.54) is 36.9 Å². The minimum Gasteiger partial charge on any atom is -0.293 e. The highest BCUT2D eigenvalue weighted by Gasteiger charge is 2.52. The number of rotatable bonds is 1. The molecule has 3 heterocycles. The van der Waals surface area contributed by atoms with Crippen LogP contribution >= 0.6 is 0 Å². The fraction of sp³-hybridized carbons (Fsp3) is 0.529. The Labute approximate surface area is 109 Å². The average Bonchev–Trinajstić information content (AvgIpc) is 2.76. The predicted molar refractivity (Wildman–Crippen MR) is 74.7 cm³/mol. The van der Waals surface area contributed by atoms with E-state index in [1.54, 1.807) is 5.56 Å². The molecule has 3 aliphatic rings. The van der Waals surface area contributed by atoms with Gasteiger partial charge in [0.15, 0.2) is 0 Å². The van der Waals surface area contributed by atoms with Gasteiger partial charge in [-0.25, -0.2) is 0 Å². The Morgan fingerprint density at radius 1 is 1.17 bits per heavy atom. The summed E-state index contributed by atoms with van der Waals surface area (Å²) in [4.78, 5) is 2.73. The van der Waals surface area contributed by atoms with Crippen LogP contribution in [0.15, 0.2) is 36.4 Å². The third-order valence-electron chi connectivity index (χ3n) is 5.43. The quantitative estimate of drug-likeness (QED) is 0.678. The van der Waals surface area contributed by atoms with Crippen molar-refractivity contribution >= 4 is 0 Å². The van der Waals surface area contributed by atoms with E-state index >= 15 is 0 Å². The van der Waals surface area contributed by atoms with E-state index in [4.69, 9.17) is 0 Å². The second-order valence-electron chi connectivity index (χ2n) is 6.41. The van der Waals surface area contributed by atoms with Gasteiger partial charge in [0.05, 0.1) is 0 Å². The number of hydrogen-bond acceptors (Lipinski definition) is 1. The molecule has 0 N–H and O–H groups in total. The van der Waals surface area contributed by atoms with Crippen molar-refractivity contribution in [2.24, 2.45) is 5.92 Å². The van der Waals surface area contributed by atoms with Gasteiger partial charge in [0.2, 0.25) is 0 Å². The van der Waals surface area contributed by atoms with Gasteiger partial charge >= 0.3 is 0 Å². The van der Waals surface area contributed by atoms with Crippen LogP contribution in [0.5, 0.6) is 0 Å². The molecule has 0 spiro atoms. The van der Waals surface area contributed by atoms with Gasteiger partial charge in [-0.2, -0.15) is 0 Å². The molecule has 1 aromatic rings. The lowest BCUT2D eigenvalue weighted by atomic mass is 9.76. The molecule has 0 saturated carbocycles. The van der Waals surface area contributed by atoms with Gasteiger partial charge in [-0.15, -0.1) is 0 Å². The Hall–Kier alpha value is -1.08. The summed E-state index contributed by atoms with van der Waals surface area (Å²) >= 11 is 0.